The molecule has 2 heterocycles. The summed E-state index contributed by atoms with van der Waals surface area (Å²) >= 11 is 0. The van der Waals surface area contributed by atoms with Crippen LogP contribution in [0.25, 0.3) is 0 Å². The zero-order chi connectivity index (χ0) is 22.0. The second-order valence-electron chi connectivity index (χ2n) is 6.08. The summed E-state index contributed by atoms with van der Waals surface area (Å²) in [4.78, 5) is 47.1. The third-order valence-electron chi connectivity index (χ3n) is 4.36. The van der Waals surface area contributed by atoms with Crippen LogP contribution in [0.2, 0.25) is 0 Å². The number of aliphatic hydroxyl groups excluding tert-OH is 1. The number of nitrogens with zero attached hydrogens (tertiary/aromatic N) is 3. The smallest absolute Gasteiger partial charge is 0.393 e. The summed E-state index contributed by atoms with van der Waals surface area (Å²) < 4.78 is 15.1. The molecule has 0 atom stereocenters. The van der Waals surface area contributed by atoms with Crippen molar-refractivity contribution in [3.63, 3.8) is 0 Å². The number of carbonyl (C=O) groups is 2. The molecule has 0 bridgehead atoms. The Hall–Kier alpha value is -3.94. The van der Waals surface area contributed by atoms with Gasteiger partial charge in [0.1, 0.15) is 24.6 Å². The van der Waals surface area contributed by atoms with Gasteiger partial charge in [-0.25, -0.2) is 4.79 Å². The summed E-state index contributed by atoms with van der Waals surface area (Å²) in [6.45, 7) is -0.684. The van der Waals surface area contributed by atoms with Crippen LogP contribution in [0.1, 0.15) is 0 Å². The molecule has 1 aromatic rings. The molecule has 0 spiro atoms. The lowest BCUT2D eigenvalue weighted by Crippen LogP contribution is -2.31. The first kappa shape index (κ1) is 20.8. The summed E-state index contributed by atoms with van der Waals surface area (Å²) in [6.07, 6.45) is 0. The van der Waals surface area contributed by atoms with Crippen molar-refractivity contribution in [2.75, 3.05) is 45.3 Å². The molecule has 0 fully saturated rings. The van der Waals surface area contributed by atoms with E-state index in [-0.39, 0.29) is 49.9 Å². The van der Waals surface area contributed by atoms with Crippen molar-refractivity contribution in [1.29, 1.82) is 0 Å². The minimum absolute atomic E-state index is 0.0377. The van der Waals surface area contributed by atoms with Gasteiger partial charge in [-0.15, -0.1) is 0 Å². The molecule has 1 amide bonds. The lowest BCUT2D eigenvalue weighted by atomic mass is 10.1. The number of nitro groups is 2. The number of hydrogen-bond donors (Lipinski definition) is 2. The zero-order valence-electron chi connectivity index (χ0n) is 15.6. The summed E-state index contributed by atoms with van der Waals surface area (Å²) in [6, 6.07) is 1.09. The normalized spacial score (nSPS) is 15.3. The molecule has 30 heavy (non-hydrogen) atoms. The Morgan fingerprint density at radius 2 is 1.93 bits per heavy atom. The molecule has 2 aliphatic heterocycles. The van der Waals surface area contributed by atoms with Gasteiger partial charge in [0.25, 0.3) is 5.91 Å². The number of aliphatic hydroxyl groups is 1. The maximum absolute atomic E-state index is 12.6. The van der Waals surface area contributed by atoms with Gasteiger partial charge in [0.05, 0.1) is 35.7 Å². The van der Waals surface area contributed by atoms with Gasteiger partial charge in [0.2, 0.25) is 5.75 Å². The number of β-amino-alcohol motifs (C(OH)–C–C–N with tert-alkyl or cyclic N) is 1. The SMILES string of the molecule is COC(=O)C1=C(Nc2cc3c(c([N+](=O)[O-])c2[N+](=O)[O-])OCCO3)C(=O)N(CCO)C1. The van der Waals surface area contributed by atoms with Gasteiger partial charge < -0.3 is 29.5 Å². The molecule has 2 aliphatic rings. The highest BCUT2D eigenvalue weighted by Crippen LogP contribution is 2.50. The van der Waals surface area contributed by atoms with Crippen LogP contribution in [0.5, 0.6) is 11.5 Å². The molecule has 160 valence electrons. The maximum atomic E-state index is 12.6. The highest BCUT2D eigenvalue weighted by molar-refractivity contribution is 6.09. The standard InChI is InChI=1S/C16H16N4O10/c1-28-16(23)8-7-18(2-3-21)15(22)11(8)17-9-6-10-14(30-5-4-29-10)13(20(26)27)12(9)19(24)25/h6,17,21H,2-5,7H2,1H3. The molecule has 14 heteroatoms. The van der Waals surface area contributed by atoms with E-state index in [1.165, 1.54) is 0 Å². The van der Waals surface area contributed by atoms with Gasteiger partial charge in [0.15, 0.2) is 5.75 Å². The Morgan fingerprint density at radius 1 is 1.27 bits per heavy atom. The van der Waals surface area contributed by atoms with Gasteiger partial charge in [-0.05, 0) is 0 Å². The van der Waals surface area contributed by atoms with Crippen LogP contribution in [0, 0.1) is 20.2 Å². The van der Waals surface area contributed by atoms with E-state index in [1.807, 2.05) is 0 Å². The number of esters is 1. The van der Waals surface area contributed by atoms with Crippen LogP contribution in [-0.4, -0.2) is 71.7 Å². The molecule has 0 saturated carbocycles. The zero-order valence-corrected chi connectivity index (χ0v) is 15.6. The molecule has 0 aromatic heterocycles. The lowest BCUT2D eigenvalue weighted by molar-refractivity contribution is -0.422. The number of hydrogen-bond acceptors (Lipinski definition) is 11. The minimum atomic E-state index is -0.998. The Balaban J connectivity index is 2.16. The summed E-state index contributed by atoms with van der Waals surface area (Å²) in [5, 5.41) is 34.8. The summed E-state index contributed by atoms with van der Waals surface area (Å²) in [5.74, 6) is -2.14. The van der Waals surface area contributed by atoms with E-state index in [0.29, 0.717) is 0 Å². The highest BCUT2D eigenvalue weighted by atomic mass is 16.6. The van der Waals surface area contributed by atoms with Gasteiger partial charge in [-0.3, -0.25) is 25.0 Å². The van der Waals surface area contributed by atoms with E-state index in [4.69, 9.17) is 14.6 Å². The quantitative estimate of drug-likeness (QED) is 0.340. The topological polar surface area (TPSA) is 184 Å². The number of ether oxygens (including phenoxy) is 3. The Kier molecular flexibility index (Phi) is 5.68. The highest BCUT2D eigenvalue weighted by Gasteiger charge is 2.41. The molecule has 0 aliphatic carbocycles. The van der Waals surface area contributed by atoms with Crippen molar-refractivity contribution < 1.29 is 38.8 Å². The number of carbonyl (C=O) groups excluding carboxylic acids is 2. The van der Waals surface area contributed by atoms with Crippen LogP contribution in [0.3, 0.4) is 0 Å². The summed E-state index contributed by atoms with van der Waals surface area (Å²) in [5.41, 5.74) is -2.86. The van der Waals surface area contributed by atoms with Crippen molar-refractivity contribution in [3.8, 4) is 11.5 Å². The Labute approximate surface area is 167 Å². The monoisotopic (exact) mass is 424 g/mol. The van der Waals surface area contributed by atoms with Crippen LogP contribution < -0.4 is 14.8 Å². The van der Waals surface area contributed by atoms with Crippen LogP contribution >= 0.6 is 0 Å². The van der Waals surface area contributed by atoms with E-state index in [1.54, 1.807) is 0 Å². The fourth-order valence-corrected chi connectivity index (χ4v) is 3.09. The third kappa shape index (κ3) is 3.55. The molecule has 0 saturated heterocycles. The first-order chi connectivity index (χ1) is 14.3. The van der Waals surface area contributed by atoms with Gasteiger partial charge >= 0.3 is 17.3 Å². The van der Waals surface area contributed by atoms with Gasteiger partial charge in [0, 0.05) is 12.6 Å². The van der Waals surface area contributed by atoms with Crippen molar-refractivity contribution in [2.24, 2.45) is 0 Å². The van der Waals surface area contributed by atoms with E-state index < -0.39 is 44.5 Å². The largest absolute Gasteiger partial charge is 0.486 e. The predicted octanol–water partition coefficient (Wildman–Crippen LogP) is -0.0523. The Bertz CT molecular complexity index is 973. The molecule has 3 rings (SSSR count). The van der Waals surface area contributed by atoms with E-state index in [0.717, 1.165) is 18.1 Å². The van der Waals surface area contributed by atoms with E-state index in [9.17, 15) is 29.8 Å². The molecule has 0 unspecified atom stereocenters. The van der Waals surface area contributed by atoms with Crippen molar-refractivity contribution in [3.05, 3.63) is 37.6 Å². The fourth-order valence-electron chi connectivity index (χ4n) is 3.09. The molecule has 1 aromatic carbocycles. The van der Waals surface area contributed by atoms with E-state index >= 15 is 0 Å². The number of benzene rings is 1. The number of methoxy groups -OCH3 is 1. The molecule has 14 nitrogen and oxygen atoms in total. The minimum Gasteiger partial charge on any atom is -0.486 e. The molecule has 0 radical (unpaired) electrons. The fraction of sp³-hybridized carbons (Fsp3) is 0.375. The van der Waals surface area contributed by atoms with Gasteiger partial charge in [-0.2, -0.15) is 0 Å². The number of nitrogens with one attached hydrogen (secondary N) is 1. The average Bonchev–Trinajstić information content (AvgIpc) is 3.02. The van der Waals surface area contributed by atoms with Crippen molar-refractivity contribution >= 4 is 28.9 Å². The van der Waals surface area contributed by atoms with Crippen LogP contribution in [0.4, 0.5) is 17.1 Å². The third-order valence-corrected chi connectivity index (χ3v) is 4.36. The first-order valence-corrected chi connectivity index (χ1v) is 8.54. The number of nitro benzene ring substituents is 2. The van der Waals surface area contributed by atoms with E-state index in [2.05, 4.69) is 10.1 Å². The first-order valence-electron chi connectivity index (χ1n) is 8.54. The number of amides is 1. The lowest BCUT2D eigenvalue weighted by Gasteiger charge is -2.20. The molecule has 2 N–H and O–H groups in total. The van der Waals surface area contributed by atoms with Crippen molar-refractivity contribution in [2.45, 2.75) is 0 Å². The van der Waals surface area contributed by atoms with Crippen LogP contribution in [-0.2, 0) is 14.3 Å². The average molecular weight is 424 g/mol. The number of anilines is 1. The molecular weight excluding hydrogens is 408 g/mol. The van der Waals surface area contributed by atoms with Crippen LogP contribution in [0.15, 0.2) is 17.3 Å². The maximum Gasteiger partial charge on any atom is 0.393 e. The number of rotatable bonds is 7. The predicted molar refractivity (Wildman–Crippen MR) is 97.1 cm³/mol. The van der Waals surface area contributed by atoms with Crippen molar-refractivity contribution in [1.82, 2.24) is 4.90 Å². The molecular formula is C16H16N4O10. The second kappa shape index (κ2) is 8.20. The Morgan fingerprint density at radius 3 is 2.53 bits per heavy atom. The van der Waals surface area contributed by atoms with Gasteiger partial charge in [-0.1, -0.05) is 0 Å². The number of fused-ring (bicyclic) bond motifs is 1. The second-order valence-corrected chi connectivity index (χ2v) is 6.08. The summed E-state index contributed by atoms with van der Waals surface area (Å²) in [7, 11) is 1.09.